The Kier molecular flexibility index (Phi) is 11.3. The second-order valence-corrected chi connectivity index (χ2v) is 12.5. The highest BCUT2D eigenvalue weighted by Crippen LogP contribution is 2.41. The molecule has 0 radical (unpaired) electrons. The quantitative estimate of drug-likeness (QED) is 0.215. The zero-order chi connectivity index (χ0) is 34.3. The van der Waals surface area contributed by atoms with E-state index in [-0.39, 0.29) is 42.8 Å². The molecule has 2 aliphatic rings. The van der Waals surface area contributed by atoms with Gasteiger partial charge in [0.2, 0.25) is 11.8 Å². The van der Waals surface area contributed by atoms with Gasteiger partial charge in [-0.1, -0.05) is 30.7 Å². The van der Waals surface area contributed by atoms with Gasteiger partial charge in [0.25, 0.3) is 0 Å². The molecule has 1 aromatic heterocycles. The largest absolute Gasteiger partial charge is 0.442 e. The molecule has 2 aromatic carbocycles. The molecule has 3 amide bonds. The van der Waals surface area contributed by atoms with Crippen LogP contribution in [0.4, 0.5) is 23.7 Å². The van der Waals surface area contributed by atoms with E-state index in [1.165, 1.54) is 30.5 Å². The van der Waals surface area contributed by atoms with Crippen LogP contribution in [-0.4, -0.2) is 53.8 Å². The fourth-order valence-electron chi connectivity index (χ4n) is 6.96. The normalized spacial score (nSPS) is 22.6. The number of nitrogens with one attached hydrogen (secondary N) is 2. The fourth-order valence-corrected chi connectivity index (χ4v) is 6.96. The van der Waals surface area contributed by atoms with Crippen molar-refractivity contribution >= 4 is 23.6 Å². The number of morpholine rings is 1. The third-order valence-corrected chi connectivity index (χ3v) is 9.31. The lowest BCUT2D eigenvalue weighted by Gasteiger charge is -2.44. The SMILES string of the molecule is NC(=O)OC1(C[C@H]2CO[C@H](CCc3c(F)cncc3NC(=O)CC(c3ccc(F)cc3)c3ccc(F)cc3)CN2)CCCC[C@@H]1C(N)=O. The predicted octanol–water partition coefficient (Wildman–Crippen LogP) is 4.85. The first-order valence-electron chi connectivity index (χ1n) is 16.1. The van der Waals surface area contributed by atoms with Crippen molar-refractivity contribution < 1.29 is 37.0 Å². The van der Waals surface area contributed by atoms with E-state index in [1.807, 2.05) is 0 Å². The Labute approximate surface area is 276 Å². The van der Waals surface area contributed by atoms with Crippen molar-refractivity contribution in [2.45, 2.75) is 75.0 Å². The maximum absolute atomic E-state index is 15.1. The molecule has 0 spiro atoms. The summed E-state index contributed by atoms with van der Waals surface area (Å²) in [5.41, 5.74) is 11.8. The topological polar surface area (TPSA) is 159 Å². The molecule has 1 aliphatic carbocycles. The molecule has 256 valence electrons. The molecule has 48 heavy (non-hydrogen) atoms. The van der Waals surface area contributed by atoms with Crippen LogP contribution in [0.25, 0.3) is 0 Å². The Balaban J connectivity index is 1.20. The maximum atomic E-state index is 15.1. The minimum atomic E-state index is -1.11. The Morgan fingerprint density at radius 2 is 1.67 bits per heavy atom. The highest BCUT2D eigenvalue weighted by Gasteiger charge is 2.48. The van der Waals surface area contributed by atoms with Gasteiger partial charge < -0.3 is 31.6 Å². The lowest BCUT2D eigenvalue weighted by molar-refractivity contribution is -0.138. The molecule has 1 saturated heterocycles. The number of halogens is 3. The average Bonchev–Trinajstić information content (AvgIpc) is 3.05. The number of hydrogen-bond acceptors (Lipinski definition) is 7. The molecule has 10 nitrogen and oxygen atoms in total. The monoisotopic (exact) mass is 667 g/mol. The van der Waals surface area contributed by atoms with Crippen LogP contribution >= 0.6 is 0 Å². The van der Waals surface area contributed by atoms with Gasteiger partial charge in [-0.2, -0.15) is 0 Å². The van der Waals surface area contributed by atoms with Crippen molar-refractivity contribution in [3.05, 3.63) is 95.1 Å². The predicted molar refractivity (Wildman–Crippen MR) is 171 cm³/mol. The van der Waals surface area contributed by atoms with Crippen molar-refractivity contribution in [1.82, 2.24) is 10.3 Å². The Hall–Kier alpha value is -4.49. The van der Waals surface area contributed by atoms with E-state index >= 15 is 4.39 Å². The van der Waals surface area contributed by atoms with Gasteiger partial charge in [-0.15, -0.1) is 0 Å². The summed E-state index contributed by atoms with van der Waals surface area (Å²) >= 11 is 0. The fraction of sp³-hybridized carbons (Fsp3) is 0.429. The first-order valence-corrected chi connectivity index (χ1v) is 16.1. The van der Waals surface area contributed by atoms with E-state index in [0.717, 1.165) is 19.0 Å². The second-order valence-electron chi connectivity index (χ2n) is 12.5. The van der Waals surface area contributed by atoms with Crippen LogP contribution in [0.1, 0.15) is 67.6 Å². The molecule has 2 heterocycles. The number of amides is 3. The lowest BCUT2D eigenvalue weighted by atomic mass is 9.71. The minimum Gasteiger partial charge on any atom is -0.442 e. The zero-order valence-corrected chi connectivity index (χ0v) is 26.4. The van der Waals surface area contributed by atoms with E-state index in [2.05, 4.69) is 15.6 Å². The van der Waals surface area contributed by atoms with Crippen LogP contribution in [-0.2, 0) is 25.5 Å². The average molecular weight is 668 g/mol. The minimum absolute atomic E-state index is 0.0676. The van der Waals surface area contributed by atoms with Crippen molar-refractivity contribution in [2.75, 3.05) is 18.5 Å². The smallest absolute Gasteiger partial charge is 0.405 e. The number of carbonyl (C=O) groups is 3. The maximum Gasteiger partial charge on any atom is 0.405 e. The number of pyridine rings is 1. The van der Waals surface area contributed by atoms with Gasteiger partial charge in [0, 0.05) is 36.9 Å². The zero-order valence-electron chi connectivity index (χ0n) is 26.4. The molecule has 2 fully saturated rings. The number of nitrogens with zero attached hydrogens (tertiary/aromatic N) is 1. The van der Waals surface area contributed by atoms with Crippen molar-refractivity contribution in [1.29, 1.82) is 0 Å². The van der Waals surface area contributed by atoms with Gasteiger partial charge in [-0.3, -0.25) is 14.6 Å². The van der Waals surface area contributed by atoms with Crippen molar-refractivity contribution in [3.63, 3.8) is 0 Å². The van der Waals surface area contributed by atoms with Gasteiger partial charge in [0.1, 0.15) is 23.1 Å². The molecule has 1 unspecified atom stereocenters. The summed E-state index contributed by atoms with van der Waals surface area (Å²) in [6.45, 7) is 0.681. The first-order chi connectivity index (χ1) is 23.0. The molecule has 1 aliphatic heterocycles. The van der Waals surface area contributed by atoms with Crippen LogP contribution in [0, 0.1) is 23.4 Å². The number of hydrogen-bond donors (Lipinski definition) is 4. The highest BCUT2D eigenvalue weighted by molar-refractivity contribution is 5.92. The number of aromatic nitrogens is 1. The molecular formula is C35H40F3N5O5. The third-order valence-electron chi connectivity index (χ3n) is 9.31. The van der Waals surface area contributed by atoms with Crippen LogP contribution in [0.15, 0.2) is 60.9 Å². The number of anilines is 1. The molecule has 13 heteroatoms. The van der Waals surface area contributed by atoms with E-state index in [9.17, 15) is 23.2 Å². The lowest BCUT2D eigenvalue weighted by Crippen LogP contribution is -2.57. The van der Waals surface area contributed by atoms with Crippen LogP contribution in [0.5, 0.6) is 0 Å². The molecule has 5 rings (SSSR count). The molecule has 4 atom stereocenters. The van der Waals surface area contributed by atoms with E-state index in [0.29, 0.717) is 43.4 Å². The Morgan fingerprint density at radius 3 is 2.25 bits per heavy atom. The summed E-state index contributed by atoms with van der Waals surface area (Å²) in [5.74, 6) is -3.55. The summed E-state index contributed by atoms with van der Waals surface area (Å²) in [6, 6.07) is 11.2. The van der Waals surface area contributed by atoms with Gasteiger partial charge in [0.15, 0.2) is 0 Å². The number of benzene rings is 2. The molecule has 1 saturated carbocycles. The van der Waals surface area contributed by atoms with Gasteiger partial charge in [-0.25, -0.2) is 18.0 Å². The summed E-state index contributed by atoms with van der Waals surface area (Å²) in [5, 5.41) is 6.18. The van der Waals surface area contributed by atoms with Crippen LogP contribution in [0.3, 0.4) is 0 Å². The van der Waals surface area contributed by atoms with E-state index in [4.69, 9.17) is 20.9 Å². The molecule has 6 N–H and O–H groups in total. The van der Waals surface area contributed by atoms with E-state index < -0.39 is 52.8 Å². The number of primary amides is 2. The second kappa shape index (κ2) is 15.6. The van der Waals surface area contributed by atoms with Crippen LogP contribution < -0.4 is 22.1 Å². The number of nitrogens with two attached hydrogens (primary N) is 2. The summed E-state index contributed by atoms with van der Waals surface area (Å²) < 4.78 is 54.0. The Morgan fingerprint density at radius 1 is 1.00 bits per heavy atom. The van der Waals surface area contributed by atoms with Crippen LogP contribution in [0.2, 0.25) is 0 Å². The number of rotatable bonds is 12. The number of ether oxygens (including phenoxy) is 2. The summed E-state index contributed by atoms with van der Waals surface area (Å²) in [4.78, 5) is 41.3. The van der Waals surface area contributed by atoms with Crippen molar-refractivity contribution in [2.24, 2.45) is 17.4 Å². The van der Waals surface area contributed by atoms with Gasteiger partial charge >= 0.3 is 6.09 Å². The Bertz CT molecular complexity index is 1540. The third kappa shape index (κ3) is 8.70. The van der Waals surface area contributed by atoms with Crippen molar-refractivity contribution in [3.8, 4) is 0 Å². The number of carbonyl (C=O) groups excluding carboxylic acids is 3. The highest BCUT2D eigenvalue weighted by atomic mass is 19.1. The summed E-state index contributed by atoms with van der Waals surface area (Å²) in [6.07, 6.45) is 4.66. The molecular weight excluding hydrogens is 627 g/mol. The van der Waals surface area contributed by atoms with E-state index in [1.54, 1.807) is 24.3 Å². The van der Waals surface area contributed by atoms with Gasteiger partial charge in [-0.05, 0) is 67.5 Å². The molecule has 3 aromatic rings. The van der Waals surface area contributed by atoms with Gasteiger partial charge in [0.05, 0.1) is 36.7 Å². The molecule has 0 bridgehead atoms. The summed E-state index contributed by atoms with van der Waals surface area (Å²) in [7, 11) is 0. The first kappa shape index (κ1) is 34.8. The standard InChI is InChI=1S/C35H40F3N5O5/c36-23-8-4-21(5-9-23)28(22-6-10-24(37)11-7-22)15-32(44)43-31-19-41-18-30(38)27(31)13-12-26-17-42-25(20-47-26)16-35(48-34(40)46)14-2-1-3-29(35)33(39)45/h4-11,18-19,25-26,28-29,42H,1-3,12-17,20H2,(H2,39,45)(H2,40,46)(H,43,44)/t25-,26+,29+,35?/m0/s1.